The number of fused-ring (bicyclic) bond motifs is 1. The molecule has 5 heteroatoms. The van der Waals surface area contributed by atoms with Gasteiger partial charge in [-0.25, -0.2) is 4.79 Å². The molecule has 0 aromatic carbocycles. The highest BCUT2D eigenvalue weighted by molar-refractivity contribution is 5.67. The van der Waals surface area contributed by atoms with E-state index in [9.17, 15) is 4.79 Å². The maximum atomic E-state index is 11.5. The number of carbonyl (C=O) groups excluding carboxylic acids is 1. The lowest BCUT2D eigenvalue weighted by atomic mass is 10.1. The first-order valence-electron chi connectivity index (χ1n) is 6.63. The largest absolute Gasteiger partial charge is 0.444 e. The third-order valence-electron chi connectivity index (χ3n) is 2.75. The predicted molar refractivity (Wildman–Crippen MR) is 74.1 cm³/mol. The lowest BCUT2D eigenvalue weighted by Crippen LogP contribution is -2.32. The zero-order valence-corrected chi connectivity index (χ0v) is 11.7. The Balaban J connectivity index is 1.91. The van der Waals surface area contributed by atoms with Gasteiger partial charge in [0.05, 0.1) is 23.6 Å². The van der Waals surface area contributed by atoms with Gasteiger partial charge in [-0.05, 0) is 45.7 Å². The minimum Gasteiger partial charge on any atom is -0.444 e. The van der Waals surface area contributed by atoms with Crippen LogP contribution in [0.2, 0.25) is 0 Å². The zero-order valence-electron chi connectivity index (χ0n) is 11.7. The van der Waals surface area contributed by atoms with Gasteiger partial charge in [0.25, 0.3) is 0 Å². The highest BCUT2D eigenvalue weighted by Crippen LogP contribution is 2.19. The summed E-state index contributed by atoms with van der Waals surface area (Å²) in [5, 5.41) is 6.03. The number of aryl methyl sites for hydroxylation is 1. The number of pyridine rings is 1. The molecule has 0 radical (unpaired) electrons. The maximum absolute atomic E-state index is 11.5. The summed E-state index contributed by atoms with van der Waals surface area (Å²) in [5.41, 5.74) is 2.56. The summed E-state index contributed by atoms with van der Waals surface area (Å²) < 4.78 is 5.18. The number of nitrogens with one attached hydrogen (secondary N) is 2. The van der Waals surface area contributed by atoms with Gasteiger partial charge in [-0.3, -0.25) is 4.98 Å². The first-order valence-corrected chi connectivity index (χ1v) is 6.63. The summed E-state index contributed by atoms with van der Waals surface area (Å²) in [7, 11) is 0. The van der Waals surface area contributed by atoms with Gasteiger partial charge < -0.3 is 15.4 Å². The van der Waals surface area contributed by atoms with Gasteiger partial charge in [0.15, 0.2) is 0 Å². The number of amides is 1. The fourth-order valence-electron chi connectivity index (χ4n) is 1.95. The highest BCUT2D eigenvalue weighted by atomic mass is 16.6. The quantitative estimate of drug-likeness (QED) is 0.860. The molecule has 2 N–H and O–H groups in total. The molecule has 0 spiro atoms. The zero-order chi connectivity index (χ0) is 13.9. The molecule has 0 fully saturated rings. The Bertz CT molecular complexity index is 466. The Kier molecular flexibility index (Phi) is 3.93. The van der Waals surface area contributed by atoms with Crippen LogP contribution in [-0.4, -0.2) is 23.2 Å². The topological polar surface area (TPSA) is 63.2 Å². The molecule has 104 valence electrons. The van der Waals surface area contributed by atoms with Crippen molar-refractivity contribution in [2.45, 2.75) is 45.8 Å². The van der Waals surface area contributed by atoms with Crippen LogP contribution in [0.5, 0.6) is 0 Å². The standard InChI is InChI=1S/C14H21N3O2/c1-14(2,3)19-13(18)16-9-10-6-7-11-12(17-10)5-4-8-15-11/h6-7,15H,4-5,8-9H2,1-3H3,(H,16,18). The molecular formula is C14H21N3O2. The van der Waals surface area contributed by atoms with E-state index in [4.69, 9.17) is 4.74 Å². The van der Waals surface area contributed by atoms with Gasteiger partial charge in [0.1, 0.15) is 5.60 Å². The second-order valence-electron chi connectivity index (χ2n) is 5.68. The Morgan fingerprint density at radius 2 is 2.26 bits per heavy atom. The highest BCUT2D eigenvalue weighted by Gasteiger charge is 2.16. The molecule has 19 heavy (non-hydrogen) atoms. The van der Waals surface area contributed by atoms with Crippen LogP contribution in [0.25, 0.3) is 0 Å². The molecule has 0 bridgehead atoms. The van der Waals surface area contributed by atoms with Crippen molar-refractivity contribution in [3.8, 4) is 0 Å². The Morgan fingerprint density at radius 1 is 1.47 bits per heavy atom. The van der Waals surface area contributed by atoms with Gasteiger partial charge >= 0.3 is 6.09 Å². The Hall–Kier alpha value is -1.78. The van der Waals surface area contributed by atoms with E-state index >= 15 is 0 Å². The monoisotopic (exact) mass is 263 g/mol. The van der Waals surface area contributed by atoms with Crippen molar-refractivity contribution in [3.63, 3.8) is 0 Å². The van der Waals surface area contributed by atoms with E-state index in [1.165, 1.54) is 0 Å². The summed E-state index contributed by atoms with van der Waals surface area (Å²) >= 11 is 0. The van der Waals surface area contributed by atoms with E-state index in [-0.39, 0.29) is 0 Å². The van der Waals surface area contributed by atoms with Crippen LogP contribution in [0.3, 0.4) is 0 Å². The number of alkyl carbamates (subject to hydrolysis) is 1. The summed E-state index contributed by atoms with van der Waals surface area (Å²) in [4.78, 5) is 16.1. The number of hydrogen-bond donors (Lipinski definition) is 2. The molecule has 5 nitrogen and oxygen atoms in total. The fourth-order valence-corrected chi connectivity index (χ4v) is 1.95. The number of rotatable bonds is 2. The normalized spacial score (nSPS) is 14.3. The molecule has 0 saturated carbocycles. The predicted octanol–water partition coefficient (Wildman–Crippen LogP) is 2.46. The fraction of sp³-hybridized carbons (Fsp3) is 0.571. The van der Waals surface area contributed by atoms with Crippen molar-refractivity contribution in [1.29, 1.82) is 0 Å². The molecule has 1 aromatic rings. The molecule has 2 rings (SSSR count). The van der Waals surface area contributed by atoms with Gasteiger partial charge in [-0.2, -0.15) is 0 Å². The minimum absolute atomic E-state index is 0.391. The number of nitrogens with zero attached hydrogens (tertiary/aromatic N) is 1. The maximum Gasteiger partial charge on any atom is 0.407 e. The second kappa shape index (κ2) is 5.47. The molecule has 1 aliphatic rings. The van der Waals surface area contributed by atoms with E-state index < -0.39 is 11.7 Å². The van der Waals surface area contributed by atoms with Crippen molar-refractivity contribution >= 4 is 11.8 Å². The van der Waals surface area contributed by atoms with Crippen molar-refractivity contribution < 1.29 is 9.53 Å². The SMILES string of the molecule is CC(C)(C)OC(=O)NCc1ccc2c(n1)CCCN2. The lowest BCUT2D eigenvalue weighted by Gasteiger charge is -2.20. The average Bonchev–Trinajstić information content (AvgIpc) is 2.34. The Morgan fingerprint density at radius 3 is 3.00 bits per heavy atom. The summed E-state index contributed by atoms with van der Waals surface area (Å²) in [6.45, 7) is 6.92. The number of ether oxygens (including phenoxy) is 1. The van der Waals surface area contributed by atoms with Gasteiger partial charge in [0.2, 0.25) is 0 Å². The molecule has 1 aliphatic heterocycles. The van der Waals surface area contributed by atoms with Crippen LogP contribution in [-0.2, 0) is 17.7 Å². The molecule has 1 aromatic heterocycles. The van der Waals surface area contributed by atoms with E-state index in [0.717, 1.165) is 36.5 Å². The smallest absolute Gasteiger partial charge is 0.407 e. The number of anilines is 1. The van der Waals surface area contributed by atoms with E-state index in [2.05, 4.69) is 15.6 Å². The van der Waals surface area contributed by atoms with Crippen LogP contribution in [0.15, 0.2) is 12.1 Å². The summed E-state index contributed by atoms with van der Waals surface area (Å²) in [6.07, 6.45) is 1.68. The Labute approximate surface area is 113 Å². The third kappa shape index (κ3) is 4.12. The van der Waals surface area contributed by atoms with Crippen LogP contribution >= 0.6 is 0 Å². The number of hydrogen-bond acceptors (Lipinski definition) is 4. The van der Waals surface area contributed by atoms with E-state index in [0.29, 0.717) is 6.54 Å². The summed E-state index contributed by atoms with van der Waals surface area (Å²) in [6, 6.07) is 3.95. The average molecular weight is 263 g/mol. The molecule has 0 aliphatic carbocycles. The van der Waals surface area contributed by atoms with Crippen LogP contribution in [0, 0.1) is 0 Å². The second-order valence-corrected chi connectivity index (χ2v) is 5.68. The summed E-state index contributed by atoms with van der Waals surface area (Å²) in [5.74, 6) is 0. The van der Waals surface area contributed by atoms with Crippen LogP contribution < -0.4 is 10.6 Å². The molecule has 0 unspecified atom stereocenters. The molecular weight excluding hydrogens is 242 g/mol. The lowest BCUT2D eigenvalue weighted by molar-refractivity contribution is 0.0523. The van der Waals surface area contributed by atoms with Crippen LogP contribution in [0.4, 0.5) is 10.5 Å². The van der Waals surface area contributed by atoms with Crippen LogP contribution in [0.1, 0.15) is 38.6 Å². The molecule has 0 saturated heterocycles. The van der Waals surface area contributed by atoms with Gasteiger partial charge in [-0.15, -0.1) is 0 Å². The van der Waals surface area contributed by atoms with Gasteiger partial charge in [-0.1, -0.05) is 0 Å². The van der Waals surface area contributed by atoms with E-state index in [1.54, 1.807) is 0 Å². The molecule has 2 heterocycles. The first-order chi connectivity index (χ1) is 8.94. The van der Waals surface area contributed by atoms with E-state index in [1.807, 2.05) is 32.9 Å². The van der Waals surface area contributed by atoms with Crippen molar-refractivity contribution in [3.05, 3.63) is 23.5 Å². The van der Waals surface area contributed by atoms with Crippen molar-refractivity contribution in [1.82, 2.24) is 10.3 Å². The number of carbonyl (C=O) groups is 1. The minimum atomic E-state index is -0.475. The third-order valence-corrected chi connectivity index (χ3v) is 2.75. The van der Waals surface area contributed by atoms with Crippen molar-refractivity contribution in [2.75, 3.05) is 11.9 Å². The molecule has 0 atom stereocenters. The molecule has 1 amide bonds. The number of aromatic nitrogens is 1. The van der Waals surface area contributed by atoms with Gasteiger partial charge in [0, 0.05) is 6.54 Å². The first kappa shape index (κ1) is 13.6. The van der Waals surface area contributed by atoms with Crippen molar-refractivity contribution in [2.24, 2.45) is 0 Å².